The molecule has 0 N–H and O–H groups in total. The Hall–Kier alpha value is -0.610. The normalized spacial score (nSPS) is 11.1. The molecule has 5 heteroatoms. The minimum atomic E-state index is 0.666. The fourth-order valence-electron chi connectivity index (χ4n) is 1.84. The van der Waals surface area contributed by atoms with E-state index < -0.39 is 0 Å². The highest BCUT2D eigenvalue weighted by molar-refractivity contribution is 9.10. The highest BCUT2D eigenvalue weighted by Gasteiger charge is 2.12. The van der Waals surface area contributed by atoms with Gasteiger partial charge in [0.15, 0.2) is 0 Å². The van der Waals surface area contributed by atoms with E-state index in [1.165, 1.54) is 11.3 Å². The lowest BCUT2D eigenvalue weighted by atomic mass is 10.1. The summed E-state index contributed by atoms with van der Waals surface area (Å²) < 4.78 is 1.71. The Balaban J connectivity index is 2.35. The van der Waals surface area contributed by atoms with Gasteiger partial charge in [0.25, 0.3) is 0 Å². The molecule has 0 aliphatic rings. The molecule has 0 saturated carbocycles. The predicted molar refractivity (Wildman–Crippen MR) is 82.8 cm³/mol. The van der Waals surface area contributed by atoms with E-state index in [2.05, 4.69) is 27.0 Å². The van der Waals surface area contributed by atoms with Gasteiger partial charge in [0.2, 0.25) is 0 Å². The van der Waals surface area contributed by atoms with E-state index >= 15 is 0 Å². The lowest BCUT2D eigenvalue weighted by molar-refractivity contribution is 1.37. The number of nitrogens with zero attached hydrogens (tertiary/aromatic N) is 1. The zero-order chi connectivity index (χ0) is 12.7. The summed E-state index contributed by atoms with van der Waals surface area (Å²) >= 11 is 17.2. The van der Waals surface area contributed by atoms with Crippen LogP contribution < -0.4 is 0 Å². The number of halogens is 3. The number of fused-ring (bicyclic) bond motifs is 1. The number of pyridine rings is 1. The Labute approximate surface area is 127 Å². The van der Waals surface area contributed by atoms with Gasteiger partial charge in [-0.2, -0.15) is 0 Å². The van der Waals surface area contributed by atoms with E-state index in [9.17, 15) is 0 Å². The molecule has 3 aromatic rings. The second kappa shape index (κ2) is 4.82. The molecular weight excluding hydrogens is 353 g/mol. The van der Waals surface area contributed by atoms with E-state index in [0.29, 0.717) is 9.36 Å². The molecule has 0 bridgehead atoms. The van der Waals surface area contributed by atoms with Gasteiger partial charge in [-0.1, -0.05) is 45.2 Å². The highest BCUT2D eigenvalue weighted by Crippen LogP contribution is 2.41. The first-order valence-electron chi connectivity index (χ1n) is 5.13. The maximum absolute atomic E-state index is 6.21. The third-order valence-electron chi connectivity index (χ3n) is 2.62. The summed E-state index contributed by atoms with van der Waals surface area (Å²) in [6.07, 6.45) is 3.66. The van der Waals surface area contributed by atoms with Crippen molar-refractivity contribution in [3.63, 3.8) is 0 Å². The Bertz CT molecular complexity index is 739. The summed E-state index contributed by atoms with van der Waals surface area (Å²) in [6.45, 7) is 0. The van der Waals surface area contributed by atoms with Crippen LogP contribution in [-0.4, -0.2) is 4.98 Å². The summed E-state index contributed by atoms with van der Waals surface area (Å²) in [4.78, 5) is 5.22. The predicted octanol–water partition coefficient (Wildman–Crippen LogP) is 6.03. The molecule has 0 saturated heterocycles. The third kappa shape index (κ3) is 2.16. The van der Waals surface area contributed by atoms with E-state index in [1.807, 2.05) is 24.5 Å². The fraction of sp³-hybridized carbons (Fsp3) is 0. The first-order valence-corrected chi connectivity index (χ1v) is 7.50. The van der Waals surface area contributed by atoms with Crippen molar-refractivity contribution < 1.29 is 0 Å². The van der Waals surface area contributed by atoms with Crippen LogP contribution in [0.1, 0.15) is 0 Å². The van der Waals surface area contributed by atoms with Crippen molar-refractivity contribution in [2.75, 3.05) is 0 Å². The minimum absolute atomic E-state index is 0.666. The Morgan fingerprint density at radius 3 is 2.67 bits per heavy atom. The number of thiophene rings is 1. The second-order valence-corrected chi connectivity index (χ2v) is 6.79. The number of benzene rings is 1. The van der Waals surface area contributed by atoms with Crippen molar-refractivity contribution in [1.82, 2.24) is 4.98 Å². The molecule has 1 aromatic carbocycles. The maximum atomic E-state index is 6.21. The molecular formula is C13H6BrCl2NS. The molecule has 2 aromatic heterocycles. The Morgan fingerprint density at radius 2 is 1.94 bits per heavy atom. The van der Waals surface area contributed by atoms with Gasteiger partial charge >= 0.3 is 0 Å². The number of hydrogen-bond acceptors (Lipinski definition) is 2. The number of rotatable bonds is 1. The average Bonchev–Trinajstić information content (AvgIpc) is 2.67. The van der Waals surface area contributed by atoms with Gasteiger partial charge < -0.3 is 0 Å². The van der Waals surface area contributed by atoms with Crippen LogP contribution in [0.3, 0.4) is 0 Å². The van der Waals surface area contributed by atoms with Crippen molar-refractivity contribution in [2.24, 2.45) is 0 Å². The summed E-state index contributed by atoms with van der Waals surface area (Å²) in [5.74, 6) is 0. The largest absolute Gasteiger partial charge is 0.263 e. The molecule has 0 aliphatic carbocycles. The lowest BCUT2D eigenvalue weighted by Gasteiger charge is -2.05. The standard InChI is InChI=1S/C13H6BrCl2NS/c14-8-2-1-7-5-17-6-10(9(7)3-8)13-11(15)4-12(16)18-13/h1-6H. The van der Waals surface area contributed by atoms with Crippen LogP contribution in [0.2, 0.25) is 9.36 Å². The SMILES string of the molecule is Clc1cc(Cl)c(-c2cncc3ccc(Br)cc23)s1. The quantitative estimate of drug-likeness (QED) is 0.517. The molecule has 0 aliphatic heterocycles. The van der Waals surface area contributed by atoms with Crippen LogP contribution in [0.25, 0.3) is 21.2 Å². The molecule has 1 nitrogen and oxygen atoms in total. The fourth-order valence-corrected chi connectivity index (χ4v) is 3.79. The molecule has 0 spiro atoms. The average molecular weight is 359 g/mol. The smallest absolute Gasteiger partial charge is 0.0950 e. The summed E-state index contributed by atoms with van der Waals surface area (Å²) in [6, 6.07) is 7.85. The van der Waals surface area contributed by atoms with Crippen molar-refractivity contribution in [3.8, 4) is 10.4 Å². The molecule has 2 heterocycles. The van der Waals surface area contributed by atoms with Gasteiger partial charge in [-0.15, -0.1) is 11.3 Å². The molecule has 18 heavy (non-hydrogen) atoms. The lowest BCUT2D eigenvalue weighted by Crippen LogP contribution is -1.82. The number of hydrogen-bond donors (Lipinski definition) is 0. The maximum Gasteiger partial charge on any atom is 0.0950 e. The van der Waals surface area contributed by atoms with Crippen LogP contribution in [0.5, 0.6) is 0 Å². The molecule has 90 valence electrons. The van der Waals surface area contributed by atoms with E-state index in [-0.39, 0.29) is 0 Å². The van der Waals surface area contributed by atoms with E-state index in [1.54, 1.807) is 6.07 Å². The highest BCUT2D eigenvalue weighted by atomic mass is 79.9. The second-order valence-electron chi connectivity index (χ2n) is 3.78. The zero-order valence-corrected chi connectivity index (χ0v) is 12.9. The molecule has 0 amide bonds. The van der Waals surface area contributed by atoms with E-state index in [0.717, 1.165) is 25.7 Å². The number of aromatic nitrogens is 1. The van der Waals surface area contributed by atoms with Crippen molar-refractivity contribution >= 4 is 61.2 Å². The molecule has 3 rings (SSSR count). The first kappa shape index (κ1) is 12.4. The van der Waals surface area contributed by atoms with Gasteiger partial charge in [-0.3, -0.25) is 4.98 Å². The topological polar surface area (TPSA) is 12.9 Å². The summed E-state index contributed by atoms with van der Waals surface area (Å²) in [5.41, 5.74) is 1.01. The van der Waals surface area contributed by atoms with Crippen LogP contribution in [0.4, 0.5) is 0 Å². The van der Waals surface area contributed by atoms with Crippen LogP contribution in [-0.2, 0) is 0 Å². The van der Waals surface area contributed by atoms with Gasteiger partial charge in [0.1, 0.15) is 0 Å². The van der Waals surface area contributed by atoms with Crippen molar-refractivity contribution in [2.45, 2.75) is 0 Å². The molecule has 0 atom stereocenters. The van der Waals surface area contributed by atoms with Gasteiger partial charge in [0, 0.05) is 27.8 Å². The van der Waals surface area contributed by atoms with Crippen molar-refractivity contribution in [3.05, 3.63) is 50.5 Å². The van der Waals surface area contributed by atoms with Crippen molar-refractivity contribution in [1.29, 1.82) is 0 Å². The summed E-state index contributed by atoms with van der Waals surface area (Å²) in [5, 5.41) is 2.86. The molecule has 0 fully saturated rings. The van der Waals surface area contributed by atoms with Crippen LogP contribution >= 0.6 is 50.5 Å². The van der Waals surface area contributed by atoms with Gasteiger partial charge in [-0.05, 0) is 23.6 Å². The Morgan fingerprint density at radius 1 is 1.11 bits per heavy atom. The molecule has 0 radical (unpaired) electrons. The van der Waals surface area contributed by atoms with Crippen LogP contribution in [0.15, 0.2) is 41.1 Å². The van der Waals surface area contributed by atoms with Gasteiger partial charge in [0.05, 0.1) is 14.2 Å². The Kier molecular flexibility index (Phi) is 3.32. The zero-order valence-electron chi connectivity index (χ0n) is 8.95. The van der Waals surface area contributed by atoms with Crippen LogP contribution in [0, 0.1) is 0 Å². The molecule has 0 unspecified atom stereocenters. The van der Waals surface area contributed by atoms with Gasteiger partial charge in [-0.25, -0.2) is 0 Å². The third-order valence-corrected chi connectivity index (χ3v) is 4.82. The summed E-state index contributed by atoms with van der Waals surface area (Å²) in [7, 11) is 0. The van der Waals surface area contributed by atoms with E-state index in [4.69, 9.17) is 23.2 Å². The monoisotopic (exact) mass is 357 g/mol. The first-order chi connectivity index (χ1) is 8.65. The minimum Gasteiger partial charge on any atom is -0.263 e.